The van der Waals surface area contributed by atoms with Crippen LogP contribution in [0.25, 0.3) is 16.9 Å². The molecule has 32 heavy (non-hydrogen) atoms. The van der Waals surface area contributed by atoms with Crippen LogP contribution in [0, 0.1) is 0 Å². The Kier molecular flexibility index (Phi) is 5.85. The second-order valence-corrected chi connectivity index (χ2v) is 8.07. The van der Waals surface area contributed by atoms with E-state index in [2.05, 4.69) is 28.5 Å². The molecule has 4 aromatic rings. The van der Waals surface area contributed by atoms with Gasteiger partial charge in [0.15, 0.2) is 0 Å². The molecule has 0 aliphatic carbocycles. The summed E-state index contributed by atoms with van der Waals surface area (Å²) >= 11 is 0. The minimum atomic E-state index is -0.145. The number of carbonyl (C=O) groups is 1. The fourth-order valence-electron chi connectivity index (χ4n) is 4.31. The summed E-state index contributed by atoms with van der Waals surface area (Å²) in [5.74, 6) is 0.814. The first-order valence-electron chi connectivity index (χ1n) is 11.0. The second kappa shape index (κ2) is 9.24. The summed E-state index contributed by atoms with van der Waals surface area (Å²) in [4.78, 5) is 15.2. The highest BCUT2D eigenvalue weighted by molar-refractivity contribution is 5.82. The highest BCUT2D eigenvalue weighted by Gasteiger charge is 2.31. The number of carbonyl (C=O) groups excluding carboxylic acids is 1. The quantitative estimate of drug-likeness (QED) is 0.475. The minimum absolute atomic E-state index is 0.0515. The van der Waals surface area contributed by atoms with Crippen LogP contribution < -0.4 is 5.32 Å². The zero-order valence-corrected chi connectivity index (χ0v) is 17.9. The summed E-state index contributed by atoms with van der Waals surface area (Å²) in [5.41, 5.74) is 4.17. The number of nitrogens with zero attached hydrogens (tertiary/aromatic N) is 3. The maximum absolute atomic E-state index is 12.9. The normalized spacial score (nSPS) is 16.3. The number of furan rings is 1. The molecule has 1 fully saturated rings. The average molecular weight is 427 g/mol. The fraction of sp³-hybridized carbons (Fsp3) is 0.231. The Labute approximate surface area is 187 Å². The molecule has 0 bridgehead atoms. The van der Waals surface area contributed by atoms with Crippen LogP contribution in [0.3, 0.4) is 0 Å². The van der Waals surface area contributed by atoms with Gasteiger partial charge < -0.3 is 9.73 Å². The average Bonchev–Trinajstić information content (AvgIpc) is 3.60. The molecule has 0 saturated carbocycles. The van der Waals surface area contributed by atoms with Gasteiger partial charge in [-0.2, -0.15) is 5.10 Å². The zero-order valence-electron chi connectivity index (χ0n) is 17.9. The lowest BCUT2D eigenvalue weighted by Crippen LogP contribution is -2.42. The molecule has 0 radical (unpaired) electrons. The number of para-hydroxylation sites is 1. The monoisotopic (exact) mass is 426 g/mol. The van der Waals surface area contributed by atoms with Gasteiger partial charge in [0.1, 0.15) is 5.76 Å². The molecule has 1 N–H and O–H groups in total. The molecular formula is C26H26N4O2. The van der Waals surface area contributed by atoms with Gasteiger partial charge in [-0.15, -0.1) is 0 Å². The van der Waals surface area contributed by atoms with Crippen molar-refractivity contribution >= 4 is 5.91 Å². The Morgan fingerprint density at radius 3 is 2.56 bits per heavy atom. The van der Waals surface area contributed by atoms with E-state index in [1.54, 1.807) is 6.26 Å². The van der Waals surface area contributed by atoms with E-state index >= 15 is 0 Å². The van der Waals surface area contributed by atoms with Gasteiger partial charge in [0.2, 0.25) is 5.91 Å². The molecule has 0 spiro atoms. The molecule has 1 amide bonds. The third-order valence-corrected chi connectivity index (χ3v) is 5.91. The van der Waals surface area contributed by atoms with E-state index in [0.717, 1.165) is 47.7 Å². The van der Waals surface area contributed by atoms with Crippen molar-refractivity contribution in [3.8, 4) is 16.9 Å². The first-order chi connectivity index (χ1) is 15.8. The molecule has 1 unspecified atom stereocenters. The van der Waals surface area contributed by atoms with Crippen molar-refractivity contribution in [1.82, 2.24) is 20.0 Å². The van der Waals surface area contributed by atoms with Gasteiger partial charge in [0.25, 0.3) is 0 Å². The number of nitrogens with one attached hydrogen (secondary N) is 1. The summed E-state index contributed by atoms with van der Waals surface area (Å²) in [6.07, 6.45) is 5.58. The molecule has 2 aromatic carbocycles. The van der Waals surface area contributed by atoms with Gasteiger partial charge in [-0.3, -0.25) is 9.69 Å². The third-order valence-electron chi connectivity index (χ3n) is 5.91. The van der Waals surface area contributed by atoms with Crippen molar-refractivity contribution in [1.29, 1.82) is 0 Å². The lowest BCUT2D eigenvalue weighted by molar-refractivity contribution is -0.125. The van der Waals surface area contributed by atoms with Crippen LogP contribution >= 0.6 is 0 Å². The van der Waals surface area contributed by atoms with Crippen LogP contribution in [0.4, 0.5) is 0 Å². The molecular weight excluding hydrogens is 400 g/mol. The second-order valence-electron chi connectivity index (χ2n) is 8.07. The fourth-order valence-corrected chi connectivity index (χ4v) is 4.31. The number of likely N-dealkylation sites (tertiary alicyclic amines) is 1. The molecule has 6 heteroatoms. The van der Waals surface area contributed by atoms with Crippen LogP contribution in [0.2, 0.25) is 0 Å². The Bertz CT molecular complexity index is 1150. The number of rotatable bonds is 7. The van der Waals surface area contributed by atoms with Crippen LogP contribution in [-0.4, -0.2) is 33.2 Å². The molecule has 1 aliphatic rings. The minimum Gasteiger partial charge on any atom is -0.467 e. The molecule has 1 atom stereocenters. The third kappa shape index (κ3) is 4.36. The predicted molar refractivity (Wildman–Crippen MR) is 123 cm³/mol. The van der Waals surface area contributed by atoms with Gasteiger partial charge in [0.05, 0.1) is 30.2 Å². The van der Waals surface area contributed by atoms with E-state index in [-0.39, 0.29) is 11.9 Å². The number of hydrogen-bond donors (Lipinski definition) is 1. The van der Waals surface area contributed by atoms with Crippen LogP contribution in [0.1, 0.15) is 24.2 Å². The highest BCUT2D eigenvalue weighted by atomic mass is 16.3. The molecule has 6 nitrogen and oxygen atoms in total. The number of benzene rings is 2. The topological polar surface area (TPSA) is 63.3 Å². The van der Waals surface area contributed by atoms with Gasteiger partial charge in [0, 0.05) is 23.9 Å². The van der Waals surface area contributed by atoms with Crippen molar-refractivity contribution in [3.05, 3.63) is 96.6 Å². The van der Waals surface area contributed by atoms with Gasteiger partial charge in [-0.05, 0) is 43.7 Å². The van der Waals surface area contributed by atoms with Crippen LogP contribution in [0.15, 0.2) is 89.7 Å². The largest absolute Gasteiger partial charge is 0.467 e. The number of aromatic nitrogens is 2. The van der Waals surface area contributed by atoms with Gasteiger partial charge in [-0.1, -0.05) is 48.5 Å². The van der Waals surface area contributed by atoms with E-state index in [1.165, 1.54) is 0 Å². The van der Waals surface area contributed by atoms with Crippen molar-refractivity contribution in [2.24, 2.45) is 0 Å². The first-order valence-corrected chi connectivity index (χ1v) is 11.0. The maximum Gasteiger partial charge on any atom is 0.237 e. The summed E-state index contributed by atoms with van der Waals surface area (Å²) < 4.78 is 7.27. The summed E-state index contributed by atoms with van der Waals surface area (Å²) in [7, 11) is 0. The first kappa shape index (κ1) is 20.3. The van der Waals surface area contributed by atoms with E-state index in [1.807, 2.05) is 65.3 Å². The Morgan fingerprint density at radius 1 is 1.03 bits per heavy atom. The molecule has 2 aromatic heterocycles. The standard InChI is InChI=1S/C26H26N4O2/c31-26(27-17-23-13-8-16-32-23)24-14-7-15-29(24)18-21-19-30(22-11-5-2-6-12-22)28-25(21)20-9-3-1-4-10-20/h1-6,8-13,16,19,24H,7,14-15,17-18H2,(H,27,31). The summed E-state index contributed by atoms with van der Waals surface area (Å²) in [6, 6.07) is 23.9. The van der Waals surface area contributed by atoms with Crippen molar-refractivity contribution in [3.63, 3.8) is 0 Å². The lowest BCUT2D eigenvalue weighted by atomic mass is 10.1. The lowest BCUT2D eigenvalue weighted by Gasteiger charge is -2.23. The van der Waals surface area contributed by atoms with Crippen molar-refractivity contribution < 1.29 is 9.21 Å². The highest BCUT2D eigenvalue weighted by Crippen LogP contribution is 2.28. The van der Waals surface area contributed by atoms with Gasteiger partial charge >= 0.3 is 0 Å². The van der Waals surface area contributed by atoms with E-state index < -0.39 is 0 Å². The molecule has 1 saturated heterocycles. The Morgan fingerprint density at radius 2 is 1.81 bits per heavy atom. The maximum atomic E-state index is 12.9. The Balaban J connectivity index is 1.38. The van der Waals surface area contributed by atoms with Crippen LogP contribution in [0.5, 0.6) is 0 Å². The van der Waals surface area contributed by atoms with E-state index in [4.69, 9.17) is 9.52 Å². The van der Waals surface area contributed by atoms with E-state index in [9.17, 15) is 4.79 Å². The summed E-state index contributed by atoms with van der Waals surface area (Å²) in [6.45, 7) is 1.98. The molecule has 1 aliphatic heterocycles. The predicted octanol–water partition coefficient (Wildman–Crippen LogP) is 4.41. The zero-order chi connectivity index (χ0) is 21.8. The number of hydrogen-bond acceptors (Lipinski definition) is 4. The van der Waals surface area contributed by atoms with Crippen molar-refractivity contribution in [2.45, 2.75) is 32.0 Å². The summed E-state index contributed by atoms with van der Waals surface area (Å²) in [5, 5.41) is 7.93. The van der Waals surface area contributed by atoms with E-state index in [0.29, 0.717) is 13.1 Å². The number of amides is 1. The van der Waals surface area contributed by atoms with Crippen LogP contribution in [-0.2, 0) is 17.9 Å². The van der Waals surface area contributed by atoms with Gasteiger partial charge in [-0.25, -0.2) is 4.68 Å². The molecule has 3 heterocycles. The van der Waals surface area contributed by atoms with Crippen molar-refractivity contribution in [2.75, 3.05) is 6.54 Å². The Hall–Kier alpha value is -3.64. The molecule has 162 valence electrons. The smallest absolute Gasteiger partial charge is 0.237 e. The molecule has 5 rings (SSSR count). The SMILES string of the molecule is O=C(NCc1ccco1)C1CCCN1Cc1cn(-c2ccccc2)nc1-c1ccccc1.